The summed E-state index contributed by atoms with van der Waals surface area (Å²) in [6.07, 6.45) is 0.00469. The van der Waals surface area contributed by atoms with E-state index < -0.39 is 11.7 Å². The minimum Gasteiger partial charge on any atom is -0.494 e. The summed E-state index contributed by atoms with van der Waals surface area (Å²) < 4.78 is 20.0. The number of benzene rings is 2. The van der Waals surface area contributed by atoms with Crippen LogP contribution in [-0.4, -0.2) is 30.0 Å². The Kier molecular flexibility index (Phi) is 5.89. The maximum Gasteiger partial charge on any atom is 0.229 e. The number of amides is 1. The zero-order valence-corrected chi connectivity index (χ0v) is 17.8. The lowest BCUT2D eigenvalue weighted by atomic mass is 9.86. The van der Waals surface area contributed by atoms with Crippen LogP contribution in [0.2, 0.25) is 5.02 Å². The first-order chi connectivity index (χ1) is 14.5. The van der Waals surface area contributed by atoms with Crippen molar-refractivity contribution in [3.63, 3.8) is 0 Å². The normalized spacial score (nSPS) is 18.9. The van der Waals surface area contributed by atoms with E-state index in [0.29, 0.717) is 29.8 Å². The Morgan fingerprint density at radius 2 is 2.07 bits per heavy atom. The maximum atomic E-state index is 14.5. The van der Waals surface area contributed by atoms with Gasteiger partial charge in [0, 0.05) is 28.6 Å². The second-order valence-corrected chi connectivity index (χ2v) is 8.27. The van der Waals surface area contributed by atoms with Crippen LogP contribution < -0.4 is 9.64 Å². The predicted octanol–water partition coefficient (Wildman–Crippen LogP) is 5.10. The van der Waals surface area contributed by atoms with Crippen LogP contribution in [-0.2, 0) is 4.79 Å². The Bertz CT molecular complexity index is 1030. The molecule has 0 aliphatic carbocycles. The van der Waals surface area contributed by atoms with Crippen LogP contribution in [0, 0.1) is 17.1 Å². The van der Waals surface area contributed by atoms with Gasteiger partial charge in [-0.25, -0.2) is 4.39 Å². The van der Waals surface area contributed by atoms with Crippen LogP contribution in [0.4, 0.5) is 10.1 Å². The molecule has 2 aliphatic heterocycles. The van der Waals surface area contributed by atoms with E-state index in [2.05, 4.69) is 6.07 Å². The number of anilines is 1. The van der Waals surface area contributed by atoms with E-state index in [4.69, 9.17) is 16.3 Å². The summed E-state index contributed by atoms with van der Waals surface area (Å²) in [7, 11) is 0. The summed E-state index contributed by atoms with van der Waals surface area (Å²) in [6.45, 7) is 2.86. The number of nitriles is 1. The molecular formula is C22H19ClFN3O2S. The van der Waals surface area contributed by atoms with E-state index >= 15 is 0 Å². The van der Waals surface area contributed by atoms with Crippen LogP contribution >= 0.6 is 23.4 Å². The number of carbonyl (C=O) groups excluding carboxylic acids is 1. The topological polar surface area (TPSA) is 56.6 Å². The van der Waals surface area contributed by atoms with Crippen molar-refractivity contribution in [2.24, 2.45) is 0 Å². The molecule has 5 nitrogen and oxygen atoms in total. The highest BCUT2D eigenvalue weighted by molar-refractivity contribution is 8.03. The van der Waals surface area contributed by atoms with Crippen LogP contribution in [0.3, 0.4) is 0 Å². The summed E-state index contributed by atoms with van der Waals surface area (Å²) in [5.74, 6) is 0.0231. The predicted molar refractivity (Wildman–Crippen MR) is 116 cm³/mol. The zero-order valence-electron chi connectivity index (χ0n) is 16.3. The number of hydrogen-bond acceptors (Lipinski definition) is 5. The van der Waals surface area contributed by atoms with Crippen molar-refractivity contribution in [1.29, 1.82) is 5.26 Å². The van der Waals surface area contributed by atoms with Crippen molar-refractivity contribution in [1.82, 2.24) is 4.90 Å². The summed E-state index contributed by atoms with van der Waals surface area (Å²) in [5, 5.41) is 10.7. The third-order valence-corrected chi connectivity index (χ3v) is 6.64. The lowest BCUT2D eigenvalue weighted by Crippen LogP contribution is -2.47. The van der Waals surface area contributed by atoms with E-state index in [9.17, 15) is 14.4 Å². The molecule has 4 rings (SSSR count). The molecule has 2 aliphatic rings. The monoisotopic (exact) mass is 443 g/mol. The average molecular weight is 444 g/mol. The Hall–Kier alpha value is -2.69. The molecule has 1 fully saturated rings. The number of ether oxygens (including phenoxy) is 1. The fourth-order valence-electron chi connectivity index (χ4n) is 3.74. The van der Waals surface area contributed by atoms with Crippen molar-refractivity contribution >= 4 is 35.0 Å². The molecule has 1 unspecified atom stereocenters. The van der Waals surface area contributed by atoms with Gasteiger partial charge in [-0.2, -0.15) is 5.26 Å². The molecule has 1 atom stereocenters. The van der Waals surface area contributed by atoms with Crippen LogP contribution in [0.1, 0.15) is 24.8 Å². The number of allylic oxidation sites excluding steroid dienone is 1. The van der Waals surface area contributed by atoms with Gasteiger partial charge in [-0.3, -0.25) is 9.69 Å². The molecule has 2 aromatic rings. The van der Waals surface area contributed by atoms with Crippen LogP contribution in [0.25, 0.3) is 0 Å². The first kappa shape index (κ1) is 20.6. The van der Waals surface area contributed by atoms with Gasteiger partial charge in [0.2, 0.25) is 5.91 Å². The Labute approximate surface area is 183 Å². The van der Waals surface area contributed by atoms with Gasteiger partial charge in [0.05, 0.1) is 35.8 Å². The smallest absolute Gasteiger partial charge is 0.229 e. The van der Waals surface area contributed by atoms with E-state index in [1.807, 2.05) is 36.1 Å². The number of hydrogen-bond donors (Lipinski definition) is 0. The minimum absolute atomic E-state index is 0.00469. The highest BCUT2D eigenvalue weighted by atomic mass is 35.5. The van der Waals surface area contributed by atoms with Gasteiger partial charge in [0.15, 0.2) is 0 Å². The molecule has 2 heterocycles. The molecule has 0 bridgehead atoms. The highest BCUT2D eigenvalue weighted by Gasteiger charge is 2.39. The Morgan fingerprint density at radius 1 is 1.30 bits per heavy atom. The second kappa shape index (κ2) is 8.58. The number of thioether (sulfide) groups is 1. The van der Waals surface area contributed by atoms with Gasteiger partial charge >= 0.3 is 0 Å². The molecule has 1 amide bonds. The van der Waals surface area contributed by atoms with E-state index in [1.165, 1.54) is 23.9 Å². The second-order valence-electron chi connectivity index (χ2n) is 6.93. The molecule has 0 N–H and O–H groups in total. The number of nitrogens with zero attached hydrogens (tertiary/aromatic N) is 3. The Balaban J connectivity index is 1.64. The van der Waals surface area contributed by atoms with Crippen LogP contribution in [0.5, 0.6) is 5.75 Å². The third kappa shape index (κ3) is 3.73. The van der Waals surface area contributed by atoms with Crippen molar-refractivity contribution in [3.05, 3.63) is 69.5 Å². The standard InChI is InChI=1S/C22H19ClFN3O2S/c1-2-29-15-8-6-14(7-9-15)26-12-27-20(28)10-16(17(11-25)22(27)30-13-26)21-18(23)4-3-5-19(21)24/h3-9,16H,2,10,12-13H2,1H3. The molecule has 154 valence electrons. The van der Waals surface area contributed by atoms with Crippen molar-refractivity contribution < 1.29 is 13.9 Å². The lowest BCUT2D eigenvalue weighted by Gasteiger charge is -2.42. The van der Waals surface area contributed by atoms with Crippen LogP contribution in [0.15, 0.2) is 53.1 Å². The van der Waals surface area contributed by atoms with E-state index in [1.54, 1.807) is 11.0 Å². The highest BCUT2D eigenvalue weighted by Crippen LogP contribution is 2.45. The first-order valence-electron chi connectivity index (χ1n) is 9.52. The fourth-order valence-corrected chi connectivity index (χ4v) is 5.20. The molecular weight excluding hydrogens is 425 g/mol. The summed E-state index contributed by atoms with van der Waals surface area (Å²) in [5.41, 5.74) is 1.55. The van der Waals surface area contributed by atoms with Gasteiger partial charge in [-0.05, 0) is 43.3 Å². The number of fused-ring (bicyclic) bond motifs is 1. The van der Waals surface area contributed by atoms with Crippen molar-refractivity contribution in [2.75, 3.05) is 24.1 Å². The number of halogens is 2. The lowest BCUT2D eigenvalue weighted by molar-refractivity contribution is -0.129. The van der Waals surface area contributed by atoms with Gasteiger partial charge in [-0.1, -0.05) is 29.4 Å². The van der Waals surface area contributed by atoms with Gasteiger partial charge in [0.25, 0.3) is 0 Å². The van der Waals surface area contributed by atoms with Gasteiger partial charge < -0.3 is 9.64 Å². The first-order valence-corrected chi connectivity index (χ1v) is 10.9. The Morgan fingerprint density at radius 3 is 2.73 bits per heavy atom. The largest absolute Gasteiger partial charge is 0.494 e. The molecule has 0 aromatic heterocycles. The van der Waals surface area contributed by atoms with Crippen molar-refractivity contribution in [3.8, 4) is 11.8 Å². The third-order valence-electron chi connectivity index (χ3n) is 5.15. The van der Waals surface area contributed by atoms with E-state index in [-0.39, 0.29) is 22.9 Å². The molecule has 2 aromatic carbocycles. The molecule has 0 radical (unpaired) electrons. The maximum absolute atomic E-state index is 14.5. The fraction of sp³-hybridized carbons (Fsp3) is 0.273. The number of carbonyl (C=O) groups is 1. The van der Waals surface area contributed by atoms with Gasteiger partial charge in [-0.15, -0.1) is 0 Å². The summed E-state index contributed by atoms with van der Waals surface area (Å²) in [4.78, 5) is 16.6. The molecule has 0 spiro atoms. The molecule has 30 heavy (non-hydrogen) atoms. The van der Waals surface area contributed by atoms with Crippen molar-refractivity contribution in [2.45, 2.75) is 19.3 Å². The molecule has 8 heteroatoms. The quantitative estimate of drug-likeness (QED) is 0.658. The molecule has 0 saturated carbocycles. The average Bonchev–Trinajstić information content (AvgIpc) is 2.74. The number of rotatable bonds is 4. The molecule has 1 saturated heterocycles. The SMILES string of the molecule is CCOc1ccc(N2CSC3=C(C#N)C(c4c(F)cccc4Cl)CC(=O)N3C2)cc1. The zero-order chi connectivity index (χ0) is 21.3. The summed E-state index contributed by atoms with van der Waals surface area (Å²) in [6, 6.07) is 14.3. The summed E-state index contributed by atoms with van der Waals surface area (Å²) >= 11 is 7.63. The van der Waals surface area contributed by atoms with E-state index in [0.717, 1.165) is 11.4 Å². The van der Waals surface area contributed by atoms with Gasteiger partial charge in [0.1, 0.15) is 11.6 Å². The minimum atomic E-state index is -0.674.